The molecule has 2 bridgehead atoms. The highest BCUT2D eigenvalue weighted by atomic mass is 19.4. The van der Waals surface area contributed by atoms with E-state index in [0.29, 0.717) is 24.7 Å². The first-order chi connectivity index (χ1) is 15.8. The summed E-state index contributed by atoms with van der Waals surface area (Å²) < 4.78 is 52.6. The summed E-state index contributed by atoms with van der Waals surface area (Å²) in [6, 6.07) is 11.0. The zero-order valence-electron chi connectivity index (χ0n) is 17.9. The van der Waals surface area contributed by atoms with Gasteiger partial charge in [0.05, 0.1) is 12.6 Å². The molecule has 3 saturated heterocycles. The number of halogens is 3. The highest BCUT2D eigenvalue weighted by molar-refractivity contribution is 5.70. The van der Waals surface area contributed by atoms with Gasteiger partial charge in [-0.25, -0.2) is 4.79 Å². The van der Waals surface area contributed by atoms with Crippen LogP contribution in [0.1, 0.15) is 30.9 Å². The van der Waals surface area contributed by atoms with E-state index < -0.39 is 12.5 Å². The average molecular weight is 462 g/mol. The minimum absolute atomic E-state index is 0.0570. The Morgan fingerprint density at radius 1 is 1.03 bits per heavy atom. The van der Waals surface area contributed by atoms with Crippen molar-refractivity contribution in [2.75, 3.05) is 26.2 Å². The van der Waals surface area contributed by atoms with Crippen LogP contribution in [0.2, 0.25) is 0 Å². The van der Waals surface area contributed by atoms with Gasteiger partial charge in [0.2, 0.25) is 0 Å². The maximum Gasteiger partial charge on any atom is 0.573 e. The van der Waals surface area contributed by atoms with Crippen LogP contribution in [0.15, 0.2) is 42.5 Å². The molecule has 0 aliphatic carbocycles. The summed E-state index contributed by atoms with van der Waals surface area (Å²) in [6.45, 7) is 3.41. The molecule has 0 aromatic heterocycles. The largest absolute Gasteiger partial charge is 0.573 e. The van der Waals surface area contributed by atoms with E-state index >= 15 is 0 Å². The number of fused-ring (bicyclic) bond motifs is 4. The van der Waals surface area contributed by atoms with Crippen LogP contribution in [0.5, 0.6) is 11.5 Å². The molecule has 33 heavy (non-hydrogen) atoms. The minimum Gasteiger partial charge on any atom is -0.493 e. The van der Waals surface area contributed by atoms with E-state index in [9.17, 15) is 18.0 Å². The molecule has 0 radical (unpaired) electrons. The number of ether oxygens (including phenoxy) is 3. The van der Waals surface area contributed by atoms with Gasteiger partial charge in [-0.05, 0) is 61.2 Å². The zero-order chi connectivity index (χ0) is 23.0. The summed E-state index contributed by atoms with van der Waals surface area (Å²) >= 11 is 0. The smallest absolute Gasteiger partial charge is 0.493 e. The lowest BCUT2D eigenvalue weighted by atomic mass is 9.86. The number of nitrogens with zero attached hydrogens (tertiary/aromatic N) is 1. The highest BCUT2D eigenvalue weighted by Gasteiger charge is 2.37. The second-order valence-corrected chi connectivity index (χ2v) is 8.74. The number of carbonyl (C=O) groups is 1. The van der Waals surface area contributed by atoms with E-state index in [1.807, 2.05) is 18.2 Å². The topological polar surface area (TPSA) is 60.0 Å². The summed E-state index contributed by atoms with van der Waals surface area (Å²) in [6.07, 6.45) is -2.41. The van der Waals surface area contributed by atoms with Crippen LogP contribution in [0.25, 0.3) is 11.1 Å². The highest BCUT2D eigenvalue weighted by Crippen LogP contribution is 2.37. The van der Waals surface area contributed by atoms with Crippen LogP contribution in [0, 0.1) is 5.92 Å². The standard InChI is InChI=1S/C24H25F3N2O4/c25-24(26,27)33-18-4-1-15(2-5-18)17-3-6-19-20(9-12-31-21(19)13-17)28-23(30)32-22-14-29-10-7-16(22)8-11-29/h1-6,13,16,20,22H,7-12,14H2,(H,28,30)/t20?,22-/m1/s1. The normalized spacial score (nSPS) is 26.2. The molecular weight excluding hydrogens is 437 g/mol. The Hall–Kier alpha value is -2.94. The first-order valence-corrected chi connectivity index (χ1v) is 11.2. The van der Waals surface area contributed by atoms with Gasteiger partial charge in [0.25, 0.3) is 0 Å². The molecule has 176 valence electrons. The lowest BCUT2D eigenvalue weighted by Crippen LogP contribution is -2.52. The Kier molecular flexibility index (Phi) is 5.82. The fourth-order valence-electron chi connectivity index (χ4n) is 4.93. The molecule has 2 aromatic carbocycles. The monoisotopic (exact) mass is 462 g/mol. The Labute approximate surface area is 189 Å². The molecule has 1 amide bonds. The molecule has 1 N–H and O–H groups in total. The number of piperidine rings is 3. The van der Waals surface area contributed by atoms with Gasteiger partial charge in [0, 0.05) is 18.5 Å². The van der Waals surface area contributed by atoms with Crippen LogP contribution in [0.3, 0.4) is 0 Å². The maximum atomic E-state index is 12.6. The Bertz CT molecular complexity index is 1000. The molecule has 4 aliphatic heterocycles. The second kappa shape index (κ2) is 8.78. The molecule has 0 saturated carbocycles. The van der Waals surface area contributed by atoms with E-state index in [-0.39, 0.29) is 17.9 Å². The number of carbonyl (C=O) groups excluding carboxylic acids is 1. The van der Waals surface area contributed by atoms with Crippen LogP contribution in [-0.2, 0) is 4.74 Å². The number of alkyl halides is 3. The Balaban J connectivity index is 1.25. The van der Waals surface area contributed by atoms with Gasteiger partial charge >= 0.3 is 12.5 Å². The van der Waals surface area contributed by atoms with Gasteiger partial charge in [0.1, 0.15) is 17.6 Å². The van der Waals surface area contributed by atoms with Crippen molar-refractivity contribution in [2.24, 2.45) is 5.92 Å². The van der Waals surface area contributed by atoms with Crippen molar-refractivity contribution in [1.82, 2.24) is 10.2 Å². The van der Waals surface area contributed by atoms with Gasteiger partial charge < -0.3 is 19.5 Å². The predicted molar refractivity (Wildman–Crippen MR) is 114 cm³/mol. The number of rotatable bonds is 4. The fraction of sp³-hybridized carbons (Fsp3) is 0.458. The van der Waals surface area contributed by atoms with E-state index in [0.717, 1.165) is 49.2 Å². The summed E-state index contributed by atoms with van der Waals surface area (Å²) in [5.74, 6) is 0.812. The van der Waals surface area contributed by atoms with Gasteiger partial charge in [-0.3, -0.25) is 4.90 Å². The number of benzene rings is 2. The van der Waals surface area contributed by atoms with Crippen molar-refractivity contribution in [1.29, 1.82) is 0 Å². The number of alkyl carbamates (subject to hydrolysis) is 1. The van der Waals surface area contributed by atoms with E-state index in [1.54, 1.807) is 12.1 Å². The van der Waals surface area contributed by atoms with Crippen molar-refractivity contribution < 1.29 is 32.2 Å². The number of nitrogens with one attached hydrogen (secondary N) is 1. The number of amides is 1. The maximum absolute atomic E-state index is 12.6. The van der Waals surface area contributed by atoms with Gasteiger partial charge in [0.15, 0.2) is 0 Å². The van der Waals surface area contributed by atoms with Gasteiger partial charge in [-0.2, -0.15) is 0 Å². The molecule has 4 heterocycles. The molecule has 2 atom stereocenters. The third-order valence-corrected chi connectivity index (χ3v) is 6.62. The quantitative estimate of drug-likeness (QED) is 0.701. The summed E-state index contributed by atoms with van der Waals surface area (Å²) in [5, 5.41) is 2.99. The summed E-state index contributed by atoms with van der Waals surface area (Å²) in [5.41, 5.74) is 2.38. The first kappa shape index (κ1) is 21.9. The lowest BCUT2D eigenvalue weighted by Gasteiger charge is -2.44. The van der Waals surface area contributed by atoms with Crippen LogP contribution >= 0.6 is 0 Å². The minimum atomic E-state index is -4.72. The lowest BCUT2D eigenvalue weighted by molar-refractivity contribution is -0.274. The SMILES string of the molecule is O=C(NC1CCOc2cc(-c3ccc(OC(F)(F)F)cc3)ccc21)O[C@@H]1CN2CCC1CC2. The number of hydrogen-bond donors (Lipinski definition) is 1. The van der Waals surface area contributed by atoms with E-state index in [1.165, 1.54) is 12.1 Å². The van der Waals surface area contributed by atoms with Crippen LogP contribution < -0.4 is 14.8 Å². The summed E-state index contributed by atoms with van der Waals surface area (Å²) in [4.78, 5) is 14.9. The molecule has 6 nitrogen and oxygen atoms in total. The van der Waals surface area contributed by atoms with Crippen molar-refractivity contribution in [2.45, 2.75) is 37.8 Å². The molecule has 6 rings (SSSR count). The van der Waals surface area contributed by atoms with E-state index in [4.69, 9.17) is 9.47 Å². The zero-order valence-corrected chi connectivity index (χ0v) is 17.9. The molecule has 1 unspecified atom stereocenters. The predicted octanol–water partition coefficient (Wildman–Crippen LogP) is 4.90. The molecule has 0 spiro atoms. The van der Waals surface area contributed by atoms with Gasteiger partial charge in [-0.15, -0.1) is 13.2 Å². The number of hydrogen-bond acceptors (Lipinski definition) is 5. The second-order valence-electron chi connectivity index (χ2n) is 8.74. The molecule has 2 aromatic rings. The van der Waals surface area contributed by atoms with Crippen molar-refractivity contribution in [3.8, 4) is 22.6 Å². The fourth-order valence-corrected chi connectivity index (χ4v) is 4.93. The molecule has 9 heteroatoms. The Morgan fingerprint density at radius 2 is 1.76 bits per heavy atom. The van der Waals surface area contributed by atoms with Crippen LogP contribution in [-0.4, -0.2) is 49.7 Å². The third kappa shape index (κ3) is 5.03. The van der Waals surface area contributed by atoms with E-state index in [2.05, 4.69) is 15.0 Å². The average Bonchev–Trinajstić information content (AvgIpc) is 2.79. The Morgan fingerprint density at radius 3 is 2.42 bits per heavy atom. The van der Waals surface area contributed by atoms with Crippen molar-refractivity contribution in [3.63, 3.8) is 0 Å². The third-order valence-electron chi connectivity index (χ3n) is 6.62. The molecular formula is C24H25F3N2O4. The van der Waals surface area contributed by atoms with Crippen molar-refractivity contribution in [3.05, 3.63) is 48.0 Å². The first-order valence-electron chi connectivity index (χ1n) is 11.2. The van der Waals surface area contributed by atoms with Crippen molar-refractivity contribution >= 4 is 6.09 Å². The van der Waals surface area contributed by atoms with Crippen LogP contribution in [0.4, 0.5) is 18.0 Å². The van der Waals surface area contributed by atoms with Gasteiger partial charge in [-0.1, -0.05) is 24.3 Å². The molecule has 3 fully saturated rings. The summed E-state index contributed by atoms with van der Waals surface area (Å²) in [7, 11) is 0. The molecule has 4 aliphatic rings.